The number of carbonyl (C=O) groups excluding carboxylic acids is 2. The SMILES string of the molecule is O=C(/C=C/c1ccc(/C=C/C(=O)c2ccccc2Cl)c(Cl)c1)NO. The van der Waals surface area contributed by atoms with Crippen LogP contribution in [0.15, 0.2) is 54.6 Å². The van der Waals surface area contributed by atoms with Crippen LogP contribution in [0.2, 0.25) is 10.0 Å². The number of carbonyl (C=O) groups is 2. The molecule has 0 fully saturated rings. The average molecular weight is 362 g/mol. The molecule has 0 aromatic heterocycles. The van der Waals surface area contributed by atoms with Crippen molar-refractivity contribution in [2.45, 2.75) is 0 Å². The van der Waals surface area contributed by atoms with E-state index in [-0.39, 0.29) is 5.78 Å². The Morgan fingerprint density at radius 1 is 0.958 bits per heavy atom. The minimum atomic E-state index is -0.638. The molecule has 2 aromatic rings. The molecule has 2 aromatic carbocycles. The number of amides is 1. The molecule has 6 heteroatoms. The van der Waals surface area contributed by atoms with Gasteiger partial charge in [0.1, 0.15) is 0 Å². The molecule has 0 saturated carbocycles. The summed E-state index contributed by atoms with van der Waals surface area (Å²) in [7, 11) is 0. The normalized spacial score (nSPS) is 11.1. The van der Waals surface area contributed by atoms with E-state index in [1.807, 2.05) is 0 Å². The van der Waals surface area contributed by atoms with E-state index >= 15 is 0 Å². The molecular weight excluding hydrogens is 349 g/mol. The first kappa shape index (κ1) is 17.9. The number of nitrogens with one attached hydrogen (secondary N) is 1. The molecule has 24 heavy (non-hydrogen) atoms. The molecule has 0 radical (unpaired) electrons. The van der Waals surface area contributed by atoms with Crippen molar-refractivity contribution in [3.63, 3.8) is 0 Å². The fourth-order valence-corrected chi connectivity index (χ4v) is 2.39. The zero-order valence-corrected chi connectivity index (χ0v) is 13.9. The Morgan fingerprint density at radius 3 is 2.38 bits per heavy atom. The van der Waals surface area contributed by atoms with E-state index in [0.29, 0.717) is 26.7 Å². The van der Waals surface area contributed by atoms with Gasteiger partial charge in [0, 0.05) is 16.7 Å². The zero-order chi connectivity index (χ0) is 17.5. The van der Waals surface area contributed by atoms with Crippen molar-refractivity contribution in [1.82, 2.24) is 5.48 Å². The van der Waals surface area contributed by atoms with E-state index < -0.39 is 5.91 Å². The Kier molecular flexibility index (Phi) is 6.32. The van der Waals surface area contributed by atoms with Crippen LogP contribution in [-0.4, -0.2) is 16.9 Å². The van der Waals surface area contributed by atoms with Crippen LogP contribution < -0.4 is 5.48 Å². The predicted octanol–water partition coefficient (Wildman–Crippen LogP) is 4.41. The lowest BCUT2D eigenvalue weighted by Gasteiger charge is -2.01. The lowest BCUT2D eigenvalue weighted by molar-refractivity contribution is -0.124. The first-order valence-corrected chi connectivity index (χ1v) is 7.65. The summed E-state index contributed by atoms with van der Waals surface area (Å²) in [5, 5.41) is 9.23. The third-order valence-corrected chi connectivity index (χ3v) is 3.77. The van der Waals surface area contributed by atoms with Gasteiger partial charge in [0.05, 0.1) is 5.02 Å². The average Bonchev–Trinajstić information content (AvgIpc) is 2.58. The van der Waals surface area contributed by atoms with E-state index in [1.165, 1.54) is 23.7 Å². The van der Waals surface area contributed by atoms with Crippen molar-refractivity contribution in [3.8, 4) is 0 Å². The minimum Gasteiger partial charge on any atom is -0.289 e. The van der Waals surface area contributed by atoms with E-state index in [1.54, 1.807) is 48.5 Å². The molecule has 2 rings (SSSR count). The Hall–Kier alpha value is -2.40. The van der Waals surface area contributed by atoms with Gasteiger partial charge in [-0.15, -0.1) is 0 Å². The van der Waals surface area contributed by atoms with Crippen molar-refractivity contribution in [3.05, 3.63) is 81.4 Å². The standard InChI is InChI=1S/C18H13Cl2NO3/c19-15-4-2-1-3-14(15)17(22)9-8-13-7-5-12(11-16(13)20)6-10-18(23)21-24/h1-11,24H,(H,21,23)/b9-8+,10-6+. The molecule has 0 unspecified atom stereocenters. The molecular formula is C18H13Cl2NO3. The highest BCUT2D eigenvalue weighted by atomic mass is 35.5. The zero-order valence-electron chi connectivity index (χ0n) is 12.4. The number of halogens is 2. The van der Waals surface area contributed by atoms with Crippen LogP contribution in [-0.2, 0) is 4.79 Å². The van der Waals surface area contributed by atoms with Gasteiger partial charge < -0.3 is 0 Å². The summed E-state index contributed by atoms with van der Waals surface area (Å²) in [6.07, 6.45) is 5.67. The molecule has 4 nitrogen and oxygen atoms in total. The number of allylic oxidation sites excluding steroid dienone is 1. The highest BCUT2D eigenvalue weighted by molar-refractivity contribution is 6.35. The Bertz CT molecular complexity index is 829. The summed E-state index contributed by atoms with van der Waals surface area (Å²) in [6, 6.07) is 11.9. The molecule has 0 atom stereocenters. The first-order chi connectivity index (χ1) is 11.5. The number of benzene rings is 2. The maximum atomic E-state index is 12.1. The number of rotatable bonds is 5. The number of hydrogen-bond acceptors (Lipinski definition) is 3. The third kappa shape index (κ3) is 4.80. The van der Waals surface area contributed by atoms with Gasteiger partial charge in [-0.25, -0.2) is 5.48 Å². The van der Waals surface area contributed by atoms with E-state index in [2.05, 4.69) is 0 Å². The highest BCUT2D eigenvalue weighted by Crippen LogP contribution is 2.21. The Balaban J connectivity index is 2.16. The molecule has 0 aliphatic heterocycles. The van der Waals surface area contributed by atoms with Gasteiger partial charge in [0.2, 0.25) is 0 Å². The molecule has 0 aliphatic rings. The van der Waals surface area contributed by atoms with Crippen molar-refractivity contribution in [1.29, 1.82) is 0 Å². The summed E-state index contributed by atoms with van der Waals surface area (Å²) in [5.74, 6) is -0.860. The van der Waals surface area contributed by atoms with Crippen LogP contribution in [0.1, 0.15) is 21.5 Å². The van der Waals surface area contributed by atoms with Crippen molar-refractivity contribution in [2.24, 2.45) is 0 Å². The smallest absolute Gasteiger partial charge is 0.267 e. The Labute approximate surface area is 149 Å². The molecule has 0 bridgehead atoms. The maximum absolute atomic E-state index is 12.1. The molecule has 0 heterocycles. The Morgan fingerprint density at radius 2 is 1.71 bits per heavy atom. The number of ketones is 1. The van der Waals surface area contributed by atoms with Gasteiger partial charge in [0.15, 0.2) is 5.78 Å². The van der Waals surface area contributed by atoms with Crippen molar-refractivity contribution in [2.75, 3.05) is 0 Å². The van der Waals surface area contributed by atoms with Crippen LogP contribution in [0.25, 0.3) is 12.2 Å². The van der Waals surface area contributed by atoms with Crippen LogP contribution in [0.3, 0.4) is 0 Å². The third-order valence-electron chi connectivity index (χ3n) is 3.12. The largest absolute Gasteiger partial charge is 0.289 e. The molecule has 122 valence electrons. The summed E-state index contributed by atoms with van der Waals surface area (Å²) in [4.78, 5) is 23.1. The molecule has 2 N–H and O–H groups in total. The summed E-state index contributed by atoms with van der Waals surface area (Å²) in [5.41, 5.74) is 3.25. The molecule has 0 aliphatic carbocycles. The van der Waals surface area contributed by atoms with Crippen molar-refractivity contribution >= 4 is 47.0 Å². The van der Waals surface area contributed by atoms with Crippen LogP contribution >= 0.6 is 23.2 Å². The number of hydroxylamine groups is 1. The van der Waals surface area contributed by atoms with Gasteiger partial charge in [0.25, 0.3) is 5.91 Å². The summed E-state index contributed by atoms with van der Waals surface area (Å²) >= 11 is 12.2. The van der Waals surface area contributed by atoms with Gasteiger partial charge in [-0.3, -0.25) is 14.8 Å². The van der Waals surface area contributed by atoms with Crippen LogP contribution in [0, 0.1) is 0 Å². The second-order valence-electron chi connectivity index (χ2n) is 4.77. The monoisotopic (exact) mass is 361 g/mol. The van der Waals surface area contributed by atoms with E-state index in [4.69, 9.17) is 28.4 Å². The lowest BCUT2D eigenvalue weighted by Crippen LogP contribution is -2.14. The summed E-state index contributed by atoms with van der Waals surface area (Å²) in [6.45, 7) is 0. The predicted molar refractivity (Wildman–Crippen MR) is 95.2 cm³/mol. The summed E-state index contributed by atoms with van der Waals surface area (Å²) < 4.78 is 0. The van der Waals surface area contributed by atoms with Crippen LogP contribution in [0.5, 0.6) is 0 Å². The molecule has 1 amide bonds. The lowest BCUT2D eigenvalue weighted by atomic mass is 10.1. The second kappa shape index (κ2) is 8.45. The van der Waals surface area contributed by atoms with Crippen molar-refractivity contribution < 1.29 is 14.8 Å². The topological polar surface area (TPSA) is 66.4 Å². The van der Waals surface area contributed by atoms with E-state index in [0.717, 1.165) is 0 Å². The van der Waals surface area contributed by atoms with Crippen LogP contribution in [0.4, 0.5) is 0 Å². The molecule has 0 spiro atoms. The van der Waals surface area contributed by atoms with Gasteiger partial charge in [-0.05, 0) is 47.6 Å². The highest BCUT2D eigenvalue weighted by Gasteiger charge is 2.06. The van der Waals surface area contributed by atoms with Gasteiger partial charge in [-0.2, -0.15) is 0 Å². The van der Waals surface area contributed by atoms with E-state index in [9.17, 15) is 9.59 Å². The fourth-order valence-electron chi connectivity index (χ4n) is 1.91. The maximum Gasteiger partial charge on any atom is 0.267 e. The fraction of sp³-hybridized carbons (Fsp3) is 0. The van der Waals surface area contributed by atoms with Gasteiger partial charge >= 0.3 is 0 Å². The van der Waals surface area contributed by atoms with Gasteiger partial charge in [-0.1, -0.05) is 47.5 Å². The quantitative estimate of drug-likeness (QED) is 0.358. The second-order valence-corrected chi connectivity index (χ2v) is 5.58. The first-order valence-electron chi connectivity index (χ1n) is 6.90. The number of hydrogen-bond donors (Lipinski definition) is 2. The molecule has 0 saturated heterocycles. The minimum absolute atomic E-state index is 0.222.